The smallest absolute Gasteiger partial charge is 0.235 e. The molecule has 0 saturated heterocycles. The zero-order valence-corrected chi connectivity index (χ0v) is 12.2. The lowest BCUT2D eigenvalue weighted by atomic mass is 10.1. The summed E-state index contributed by atoms with van der Waals surface area (Å²) in [6.45, 7) is 5.68. The summed E-state index contributed by atoms with van der Waals surface area (Å²) in [6.07, 6.45) is 1.40. The average molecular weight is 284 g/mol. The third-order valence-electron chi connectivity index (χ3n) is 3.10. The predicted octanol–water partition coefficient (Wildman–Crippen LogP) is 4.15. The molecule has 2 heterocycles. The summed E-state index contributed by atoms with van der Waals surface area (Å²) < 4.78 is 16.9. The lowest BCUT2D eigenvalue weighted by molar-refractivity contribution is 0.236. The van der Waals surface area contributed by atoms with E-state index >= 15 is 0 Å². The van der Waals surface area contributed by atoms with Crippen LogP contribution in [0.25, 0.3) is 22.5 Å². The van der Waals surface area contributed by atoms with E-state index in [1.165, 1.54) is 6.26 Å². The first-order valence-corrected chi connectivity index (χ1v) is 6.84. The maximum atomic E-state index is 12.7. The summed E-state index contributed by atoms with van der Waals surface area (Å²) in [7, 11) is 0. The van der Waals surface area contributed by atoms with E-state index < -0.39 is 0 Å². The van der Waals surface area contributed by atoms with E-state index in [9.17, 15) is 4.79 Å². The molecule has 0 fully saturated rings. The van der Waals surface area contributed by atoms with Gasteiger partial charge in [0, 0.05) is 0 Å². The highest BCUT2D eigenvalue weighted by Crippen LogP contribution is 2.31. The van der Waals surface area contributed by atoms with Crippen molar-refractivity contribution < 1.29 is 13.6 Å². The molecule has 0 bridgehead atoms. The summed E-state index contributed by atoms with van der Waals surface area (Å²) in [6, 6.07) is 8.96. The molecule has 0 aliphatic heterocycles. The number of hydrogen-bond donors (Lipinski definition) is 0. The predicted molar refractivity (Wildman–Crippen MR) is 80.7 cm³/mol. The molecule has 0 aliphatic carbocycles. The minimum absolute atomic E-state index is 0.135. The summed E-state index contributed by atoms with van der Waals surface area (Å²) in [5.41, 5.74) is 1.37. The van der Waals surface area contributed by atoms with Crippen molar-refractivity contribution in [3.05, 3.63) is 52.4 Å². The van der Waals surface area contributed by atoms with Crippen LogP contribution in [0.3, 0.4) is 0 Å². The van der Waals surface area contributed by atoms with Crippen molar-refractivity contribution in [2.45, 2.75) is 26.9 Å². The van der Waals surface area contributed by atoms with Crippen LogP contribution in [0.4, 0.5) is 0 Å². The van der Waals surface area contributed by atoms with Crippen LogP contribution in [0, 0.1) is 6.92 Å². The highest BCUT2D eigenvalue weighted by Gasteiger charge is 2.20. The lowest BCUT2D eigenvalue weighted by Gasteiger charge is -2.12. The minimum atomic E-state index is -0.184. The Balaban J connectivity index is 2.35. The van der Waals surface area contributed by atoms with Gasteiger partial charge >= 0.3 is 0 Å². The molecule has 0 spiro atoms. The van der Waals surface area contributed by atoms with Gasteiger partial charge in [-0.05, 0) is 50.6 Å². The van der Waals surface area contributed by atoms with Gasteiger partial charge < -0.3 is 13.6 Å². The third kappa shape index (κ3) is 2.44. The third-order valence-corrected chi connectivity index (χ3v) is 3.10. The van der Waals surface area contributed by atoms with Gasteiger partial charge in [0.15, 0.2) is 5.76 Å². The molecule has 21 heavy (non-hydrogen) atoms. The van der Waals surface area contributed by atoms with Gasteiger partial charge in [0.1, 0.15) is 5.58 Å². The van der Waals surface area contributed by atoms with Crippen LogP contribution < -0.4 is 10.2 Å². The lowest BCUT2D eigenvalue weighted by Crippen LogP contribution is -2.15. The standard InChI is InChI=1S/C17H16O4/c1-10(2)20-17-15(18)12-7-6-11(3)9-14(12)21-16(17)13-5-4-8-19-13/h4-10H,1-3H3. The van der Waals surface area contributed by atoms with Crippen LogP contribution >= 0.6 is 0 Å². The van der Waals surface area contributed by atoms with Crippen molar-refractivity contribution in [3.8, 4) is 17.3 Å². The molecular weight excluding hydrogens is 268 g/mol. The number of furan rings is 1. The summed E-state index contributed by atoms with van der Waals surface area (Å²) >= 11 is 0. The van der Waals surface area contributed by atoms with Crippen molar-refractivity contribution >= 4 is 11.0 Å². The van der Waals surface area contributed by atoms with Crippen LogP contribution in [0.1, 0.15) is 19.4 Å². The van der Waals surface area contributed by atoms with Gasteiger partial charge in [-0.25, -0.2) is 0 Å². The monoisotopic (exact) mass is 284 g/mol. The molecule has 108 valence electrons. The van der Waals surface area contributed by atoms with Gasteiger partial charge in [0.2, 0.25) is 16.9 Å². The Morgan fingerprint density at radius 3 is 2.67 bits per heavy atom. The molecule has 0 radical (unpaired) electrons. The second-order valence-corrected chi connectivity index (χ2v) is 5.23. The molecule has 0 saturated carbocycles. The zero-order valence-electron chi connectivity index (χ0n) is 12.2. The molecule has 0 unspecified atom stereocenters. The first kappa shape index (κ1) is 13.5. The average Bonchev–Trinajstić information content (AvgIpc) is 2.95. The highest BCUT2D eigenvalue weighted by atomic mass is 16.5. The molecule has 4 nitrogen and oxygen atoms in total. The molecule has 2 aromatic heterocycles. The quantitative estimate of drug-likeness (QED) is 0.725. The Labute approximate surface area is 122 Å². The molecule has 0 N–H and O–H groups in total. The van der Waals surface area contributed by atoms with Gasteiger partial charge in [-0.1, -0.05) is 6.07 Å². The first-order chi connectivity index (χ1) is 10.1. The number of benzene rings is 1. The van der Waals surface area contributed by atoms with Crippen molar-refractivity contribution in [1.82, 2.24) is 0 Å². The molecule has 1 aromatic carbocycles. The molecule has 3 aromatic rings. The van der Waals surface area contributed by atoms with Crippen LogP contribution in [0.2, 0.25) is 0 Å². The Hall–Kier alpha value is -2.49. The SMILES string of the molecule is Cc1ccc2c(=O)c(OC(C)C)c(-c3ccco3)oc2c1. The van der Waals surface area contributed by atoms with E-state index in [1.807, 2.05) is 32.9 Å². The summed E-state index contributed by atoms with van der Waals surface area (Å²) in [4.78, 5) is 12.7. The maximum absolute atomic E-state index is 12.7. The summed E-state index contributed by atoms with van der Waals surface area (Å²) in [5.74, 6) is 0.999. The van der Waals surface area contributed by atoms with E-state index in [-0.39, 0.29) is 17.3 Å². The number of ether oxygens (including phenoxy) is 1. The molecule has 4 heteroatoms. The van der Waals surface area contributed by atoms with Gasteiger partial charge in [-0.15, -0.1) is 0 Å². The molecule has 0 amide bonds. The maximum Gasteiger partial charge on any atom is 0.235 e. The first-order valence-electron chi connectivity index (χ1n) is 6.84. The van der Waals surface area contributed by atoms with Crippen molar-refractivity contribution in [1.29, 1.82) is 0 Å². The fourth-order valence-electron chi connectivity index (χ4n) is 2.20. The van der Waals surface area contributed by atoms with Gasteiger partial charge in [-0.2, -0.15) is 0 Å². The Morgan fingerprint density at radius 1 is 1.19 bits per heavy atom. The second-order valence-electron chi connectivity index (χ2n) is 5.23. The second kappa shape index (κ2) is 5.13. The van der Waals surface area contributed by atoms with Gasteiger partial charge in [0.25, 0.3) is 0 Å². The Kier molecular flexibility index (Phi) is 3.29. The Morgan fingerprint density at radius 2 is 2.00 bits per heavy atom. The number of aryl methyl sites for hydroxylation is 1. The van der Waals surface area contributed by atoms with E-state index in [0.717, 1.165) is 5.56 Å². The van der Waals surface area contributed by atoms with E-state index in [1.54, 1.807) is 18.2 Å². The largest absolute Gasteiger partial charge is 0.483 e. The van der Waals surface area contributed by atoms with Crippen molar-refractivity contribution in [3.63, 3.8) is 0 Å². The summed E-state index contributed by atoms with van der Waals surface area (Å²) in [5, 5.41) is 0.506. The van der Waals surface area contributed by atoms with Crippen LogP contribution in [0.15, 0.2) is 50.2 Å². The molecule has 0 aliphatic rings. The topological polar surface area (TPSA) is 52.6 Å². The Bertz CT molecular complexity index is 826. The van der Waals surface area contributed by atoms with Gasteiger partial charge in [-0.3, -0.25) is 4.79 Å². The van der Waals surface area contributed by atoms with E-state index in [0.29, 0.717) is 22.5 Å². The van der Waals surface area contributed by atoms with E-state index in [4.69, 9.17) is 13.6 Å². The normalized spacial score (nSPS) is 11.2. The van der Waals surface area contributed by atoms with Gasteiger partial charge in [0.05, 0.1) is 17.8 Å². The van der Waals surface area contributed by atoms with Crippen LogP contribution in [-0.4, -0.2) is 6.10 Å². The molecular formula is C17H16O4. The highest BCUT2D eigenvalue weighted by molar-refractivity contribution is 5.81. The number of fused-ring (bicyclic) bond motifs is 1. The fourth-order valence-corrected chi connectivity index (χ4v) is 2.20. The fraction of sp³-hybridized carbons (Fsp3) is 0.235. The molecule has 0 atom stereocenters. The van der Waals surface area contributed by atoms with Crippen LogP contribution in [0.5, 0.6) is 5.75 Å². The number of hydrogen-bond acceptors (Lipinski definition) is 4. The molecule has 3 rings (SSSR count). The van der Waals surface area contributed by atoms with Crippen LogP contribution in [-0.2, 0) is 0 Å². The zero-order chi connectivity index (χ0) is 15.0. The number of rotatable bonds is 3. The van der Waals surface area contributed by atoms with Crippen molar-refractivity contribution in [2.24, 2.45) is 0 Å². The van der Waals surface area contributed by atoms with E-state index in [2.05, 4.69) is 0 Å². The van der Waals surface area contributed by atoms with Crippen molar-refractivity contribution in [2.75, 3.05) is 0 Å². The minimum Gasteiger partial charge on any atom is -0.483 e.